The van der Waals surface area contributed by atoms with Crippen molar-refractivity contribution in [1.82, 2.24) is 10.6 Å². The number of aliphatic hydroxyl groups excluding tert-OH is 1. The Hall–Kier alpha value is -1.88. The molecule has 1 aliphatic carbocycles. The lowest BCUT2D eigenvalue weighted by Gasteiger charge is -2.26. The Labute approximate surface area is 143 Å². The average Bonchev–Trinajstić information content (AvgIpc) is 3.00. The first-order valence-corrected chi connectivity index (χ1v) is 8.75. The van der Waals surface area contributed by atoms with E-state index in [0.717, 1.165) is 24.8 Å². The predicted octanol–water partition coefficient (Wildman–Crippen LogP) is 1.65. The molecule has 0 bridgehead atoms. The number of benzene rings is 1. The minimum Gasteiger partial charge on any atom is -0.396 e. The molecule has 132 valence electrons. The molecule has 3 atom stereocenters. The zero-order valence-corrected chi connectivity index (χ0v) is 14.5. The summed E-state index contributed by atoms with van der Waals surface area (Å²) < 4.78 is 0. The van der Waals surface area contributed by atoms with Gasteiger partial charge in [-0.15, -0.1) is 0 Å². The molecule has 1 fully saturated rings. The van der Waals surface area contributed by atoms with Crippen LogP contribution in [0.4, 0.5) is 0 Å². The maximum atomic E-state index is 12.6. The molecule has 0 radical (unpaired) electrons. The van der Waals surface area contributed by atoms with Crippen LogP contribution < -0.4 is 10.6 Å². The van der Waals surface area contributed by atoms with Gasteiger partial charge < -0.3 is 15.7 Å². The van der Waals surface area contributed by atoms with Gasteiger partial charge in [0.05, 0.1) is 6.42 Å². The third kappa shape index (κ3) is 5.06. The first-order chi connectivity index (χ1) is 11.5. The van der Waals surface area contributed by atoms with Crippen LogP contribution in [0.1, 0.15) is 38.7 Å². The monoisotopic (exact) mass is 332 g/mol. The molecule has 1 aromatic rings. The Bertz CT molecular complexity index is 545. The molecule has 2 amide bonds. The van der Waals surface area contributed by atoms with Crippen molar-refractivity contribution in [2.24, 2.45) is 11.8 Å². The Morgan fingerprint density at radius 2 is 1.92 bits per heavy atom. The van der Waals surface area contributed by atoms with Gasteiger partial charge in [0.15, 0.2) is 0 Å². The van der Waals surface area contributed by atoms with Crippen LogP contribution in [0.3, 0.4) is 0 Å². The Kier molecular flexibility index (Phi) is 6.79. The maximum absolute atomic E-state index is 12.6. The molecule has 0 aromatic heterocycles. The number of hydrogen-bond acceptors (Lipinski definition) is 3. The molecule has 3 unspecified atom stereocenters. The van der Waals surface area contributed by atoms with Crippen LogP contribution in [0.5, 0.6) is 0 Å². The zero-order valence-electron chi connectivity index (χ0n) is 14.5. The van der Waals surface area contributed by atoms with E-state index >= 15 is 0 Å². The van der Waals surface area contributed by atoms with Crippen LogP contribution in [-0.2, 0) is 16.0 Å². The van der Waals surface area contributed by atoms with E-state index < -0.39 is 6.04 Å². The van der Waals surface area contributed by atoms with Crippen molar-refractivity contribution in [3.8, 4) is 0 Å². The predicted molar refractivity (Wildman–Crippen MR) is 93.3 cm³/mol. The summed E-state index contributed by atoms with van der Waals surface area (Å²) in [5, 5.41) is 15.3. The molecule has 0 aliphatic heterocycles. The second-order valence-electron chi connectivity index (χ2n) is 6.94. The highest BCUT2D eigenvalue weighted by Gasteiger charge is 2.31. The second kappa shape index (κ2) is 8.83. The van der Waals surface area contributed by atoms with Crippen molar-refractivity contribution in [3.05, 3.63) is 35.9 Å². The van der Waals surface area contributed by atoms with Gasteiger partial charge >= 0.3 is 0 Å². The van der Waals surface area contributed by atoms with E-state index in [-0.39, 0.29) is 42.7 Å². The van der Waals surface area contributed by atoms with Crippen LogP contribution >= 0.6 is 0 Å². The normalized spacial score (nSPS) is 21.5. The summed E-state index contributed by atoms with van der Waals surface area (Å²) in [7, 11) is 0. The van der Waals surface area contributed by atoms with Gasteiger partial charge in [-0.05, 0) is 24.3 Å². The first kappa shape index (κ1) is 18.5. The van der Waals surface area contributed by atoms with Crippen molar-refractivity contribution in [2.45, 2.75) is 51.6 Å². The fourth-order valence-electron chi connectivity index (χ4n) is 3.26. The average molecular weight is 332 g/mol. The van der Waals surface area contributed by atoms with Crippen molar-refractivity contribution in [3.63, 3.8) is 0 Å². The molecule has 2 rings (SSSR count). The summed E-state index contributed by atoms with van der Waals surface area (Å²) in [6.45, 7) is 3.94. The van der Waals surface area contributed by atoms with Gasteiger partial charge in [-0.2, -0.15) is 0 Å². The van der Waals surface area contributed by atoms with Gasteiger partial charge in [0.1, 0.15) is 6.04 Å². The third-order valence-corrected chi connectivity index (χ3v) is 4.69. The van der Waals surface area contributed by atoms with E-state index in [1.165, 1.54) is 0 Å². The van der Waals surface area contributed by atoms with E-state index in [0.29, 0.717) is 0 Å². The number of hydrogen-bond donors (Lipinski definition) is 3. The zero-order chi connectivity index (χ0) is 17.5. The standard InChI is InChI=1S/C19H28N2O3/c1-13(2)18(19(24)20-16-10-6-9-15(16)12-22)21-17(23)11-14-7-4-3-5-8-14/h3-5,7-8,13,15-16,18,22H,6,9-12H2,1-2H3,(H,20,24)(H,21,23). The van der Waals surface area contributed by atoms with Crippen LogP contribution in [0, 0.1) is 11.8 Å². The van der Waals surface area contributed by atoms with E-state index in [1.807, 2.05) is 44.2 Å². The van der Waals surface area contributed by atoms with E-state index in [2.05, 4.69) is 10.6 Å². The van der Waals surface area contributed by atoms with Crippen molar-refractivity contribution >= 4 is 11.8 Å². The fourth-order valence-corrected chi connectivity index (χ4v) is 3.26. The quantitative estimate of drug-likeness (QED) is 0.710. The van der Waals surface area contributed by atoms with Crippen LogP contribution in [0.25, 0.3) is 0 Å². The summed E-state index contributed by atoms with van der Waals surface area (Å²) in [5.41, 5.74) is 0.925. The highest BCUT2D eigenvalue weighted by atomic mass is 16.3. The molecule has 0 saturated heterocycles. The molecule has 1 aromatic carbocycles. The molecule has 3 N–H and O–H groups in total. The molecule has 0 heterocycles. The number of rotatable bonds is 7. The largest absolute Gasteiger partial charge is 0.396 e. The first-order valence-electron chi connectivity index (χ1n) is 8.75. The number of nitrogens with one attached hydrogen (secondary N) is 2. The maximum Gasteiger partial charge on any atom is 0.243 e. The number of amides is 2. The minimum absolute atomic E-state index is 0.00120. The Balaban J connectivity index is 1.93. The van der Waals surface area contributed by atoms with Gasteiger partial charge in [-0.3, -0.25) is 9.59 Å². The van der Waals surface area contributed by atoms with Crippen LogP contribution in [0.2, 0.25) is 0 Å². The number of aliphatic hydroxyl groups is 1. The number of carbonyl (C=O) groups is 2. The third-order valence-electron chi connectivity index (χ3n) is 4.69. The summed E-state index contributed by atoms with van der Waals surface area (Å²) >= 11 is 0. The number of carbonyl (C=O) groups excluding carboxylic acids is 2. The lowest BCUT2D eigenvalue weighted by Crippen LogP contribution is -2.53. The highest BCUT2D eigenvalue weighted by Crippen LogP contribution is 2.25. The summed E-state index contributed by atoms with van der Waals surface area (Å²) in [6.07, 6.45) is 3.11. The van der Waals surface area contributed by atoms with Gasteiger partial charge in [0.25, 0.3) is 0 Å². The molecular formula is C19H28N2O3. The van der Waals surface area contributed by atoms with Gasteiger partial charge in [0, 0.05) is 18.6 Å². The summed E-state index contributed by atoms with van der Waals surface area (Å²) in [4.78, 5) is 24.8. The molecule has 0 spiro atoms. The smallest absolute Gasteiger partial charge is 0.243 e. The Morgan fingerprint density at radius 3 is 2.54 bits per heavy atom. The lowest BCUT2D eigenvalue weighted by atomic mass is 10.00. The molecular weight excluding hydrogens is 304 g/mol. The van der Waals surface area contributed by atoms with Crippen LogP contribution in [-0.4, -0.2) is 35.6 Å². The van der Waals surface area contributed by atoms with E-state index in [4.69, 9.17) is 0 Å². The van der Waals surface area contributed by atoms with Gasteiger partial charge in [-0.1, -0.05) is 50.6 Å². The molecule has 1 aliphatic rings. The van der Waals surface area contributed by atoms with E-state index in [1.54, 1.807) is 0 Å². The van der Waals surface area contributed by atoms with Crippen molar-refractivity contribution < 1.29 is 14.7 Å². The molecule has 5 heteroatoms. The Morgan fingerprint density at radius 1 is 1.21 bits per heavy atom. The van der Waals surface area contributed by atoms with Gasteiger partial charge in [0.2, 0.25) is 11.8 Å². The second-order valence-corrected chi connectivity index (χ2v) is 6.94. The molecule has 1 saturated carbocycles. The lowest BCUT2D eigenvalue weighted by molar-refractivity contribution is -0.130. The highest BCUT2D eigenvalue weighted by molar-refractivity contribution is 5.88. The van der Waals surface area contributed by atoms with Crippen molar-refractivity contribution in [2.75, 3.05) is 6.61 Å². The topological polar surface area (TPSA) is 78.4 Å². The fraction of sp³-hybridized carbons (Fsp3) is 0.579. The summed E-state index contributed by atoms with van der Waals surface area (Å²) in [6, 6.07) is 8.94. The summed E-state index contributed by atoms with van der Waals surface area (Å²) in [5.74, 6) is -0.183. The molecule has 5 nitrogen and oxygen atoms in total. The minimum atomic E-state index is -0.554. The molecule has 24 heavy (non-hydrogen) atoms. The van der Waals surface area contributed by atoms with E-state index in [9.17, 15) is 14.7 Å². The van der Waals surface area contributed by atoms with Crippen molar-refractivity contribution in [1.29, 1.82) is 0 Å². The SMILES string of the molecule is CC(C)C(NC(=O)Cc1ccccc1)C(=O)NC1CCCC1CO. The van der Waals surface area contributed by atoms with Crippen LogP contribution in [0.15, 0.2) is 30.3 Å². The van der Waals surface area contributed by atoms with Gasteiger partial charge in [-0.25, -0.2) is 0 Å².